The Morgan fingerprint density at radius 2 is 0.934 bits per heavy atom. The van der Waals surface area contributed by atoms with Gasteiger partial charge in [0.15, 0.2) is 16.7 Å². The zero-order chi connectivity index (χ0) is 54.3. The molecule has 0 aliphatic heterocycles. The highest BCUT2D eigenvalue weighted by molar-refractivity contribution is 7.80. The molecule has 0 aliphatic rings. The third-order valence-electron chi connectivity index (χ3n) is 11.8. The van der Waals surface area contributed by atoms with Crippen LogP contribution in [0.25, 0.3) is 21.8 Å². The second-order valence-electron chi connectivity index (χ2n) is 19.8. The zero-order valence-corrected chi connectivity index (χ0v) is 46.4. The number of fused-ring (bicyclic) bond motifs is 2. The predicted octanol–water partition coefficient (Wildman–Crippen LogP) is 13.0. The molecule has 0 spiro atoms. The molecular weight excluding hydrogens is 981 g/mol. The molecule has 0 bridgehead atoms. The number of aromatic nitrogens is 2. The largest absolute Gasteiger partial charge is 0.394 e. The summed E-state index contributed by atoms with van der Waals surface area (Å²) in [6.45, 7) is 16.3. The van der Waals surface area contributed by atoms with Gasteiger partial charge in [0, 0.05) is 63.1 Å². The maximum atomic E-state index is 10.6. The van der Waals surface area contributed by atoms with E-state index in [9.17, 15) is 10.2 Å². The minimum Gasteiger partial charge on any atom is -0.394 e. The summed E-state index contributed by atoms with van der Waals surface area (Å²) in [6.07, 6.45) is 2.02. The summed E-state index contributed by atoms with van der Waals surface area (Å²) in [7, 11) is 0. The number of hydrogen-bond acceptors (Lipinski definition) is 12. The molecule has 8 aromatic rings. The fourth-order valence-electron chi connectivity index (χ4n) is 8.16. The van der Waals surface area contributed by atoms with Gasteiger partial charge in [0.05, 0.1) is 44.5 Å². The number of nitrogens with zero attached hydrogens (tertiary/aromatic N) is 5. The van der Waals surface area contributed by atoms with Crippen molar-refractivity contribution in [3.05, 3.63) is 192 Å². The van der Waals surface area contributed by atoms with E-state index in [0.717, 1.165) is 76.4 Å². The van der Waals surface area contributed by atoms with E-state index in [4.69, 9.17) is 27.9 Å². The lowest BCUT2D eigenvalue weighted by Gasteiger charge is -2.30. The fraction of sp³-hybridized carbons (Fsp3) is 0.290. The number of aliphatic hydroxyl groups is 2. The summed E-state index contributed by atoms with van der Waals surface area (Å²) in [6, 6.07) is 57.5. The number of pyridine rings is 2. The van der Waals surface area contributed by atoms with Gasteiger partial charge in [-0.3, -0.25) is 0 Å². The molecule has 0 saturated heterocycles. The molecule has 396 valence electrons. The summed E-state index contributed by atoms with van der Waals surface area (Å²) in [5, 5.41) is 39.2. The number of anilines is 6. The highest BCUT2D eigenvalue weighted by Crippen LogP contribution is 2.40. The van der Waals surface area contributed by atoms with Crippen LogP contribution < -0.4 is 36.8 Å². The number of nitrogens with one attached hydrogen (secondary N) is 4. The third kappa shape index (κ3) is 18.1. The van der Waals surface area contributed by atoms with Crippen LogP contribution >= 0.6 is 24.4 Å². The Morgan fingerprint density at radius 3 is 1.33 bits per heavy atom. The quantitative estimate of drug-likeness (QED) is 0.0270. The van der Waals surface area contributed by atoms with Gasteiger partial charge in [0.2, 0.25) is 0 Å². The molecule has 0 atom stereocenters. The topological polar surface area (TPSA) is 159 Å². The second-order valence-corrected chi connectivity index (χ2v) is 20.4. The lowest BCUT2D eigenvalue weighted by atomic mass is 10.1. The van der Waals surface area contributed by atoms with Crippen LogP contribution in [0.1, 0.15) is 76.6 Å². The van der Waals surface area contributed by atoms with E-state index in [-0.39, 0.29) is 0 Å². The predicted molar refractivity (Wildman–Crippen MR) is 328 cm³/mol. The molecule has 76 heavy (non-hydrogen) atoms. The first-order valence-corrected chi connectivity index (χ1v) is 26.8. The molecule has 14 heteroatoms. The Hall–Kier alpha value is -7.45. The molecule has 0 unspecified atom stereocenters. The molecule has 0 fully saturated rings. The van der Waals surface area contributed by atoms with E-state index in [1.54, 1.807) is 27.7 Å². The van der Waals surface area contributed by atoms with Crippen molar-refractivity contribution < 1.29 is 10.2 Å². The third-order valence-corrected chi connectivity index (χ3v) is 12.2. The molecule has 2 heterocycles. The van der Waals surface area contributed by atoms with Crippen LogP contribution in [0.4, 0.5) is 34.4 Å². The second kappa shape index (κ2) is 29.0. The van der Waals surface area contributed by atoms with Crippen molar-refractivity contribution in [2.75, 3.05) is 57.7 Å². The molecule has 12 nitrogen and oxygen atoms in total. The number of benzene rings is 6. The Kier molecular flexibility index (Phi) is 22.1. The summed E-state index contributed by atoms with van der Waals surface area (Å²) in [5.41, 5.74) is 14.5. The normalized spacial score (nSPS) is 11.0. The van der Waals surface area contributed by atoms with E-state index in [0.29, 0.717) is 50.1 Å². The number of nitrogen functional groups attached to an aromatic ring is 1. The standard InChI is InChI=1S/C31H37N5OS.C27H30N4O.C4H7NS/c1-4-19-32-30(38)35-28-27(33-22-31(2,3)37)25-17-11-12-18-26(25)34-29(28)36(20-23-13-7-5-8-14-23)21-24-15-9-6-10-16-24;1-27(2,32)19-29-25-22-15-9-10-16-23(22)30-26(24(25)28)31(17-20-11-5-3-6-12-20)18-21-13-7-4-8-14-21;1-2-3-5-4-6/h5-18,37H,4,19-22H2,1-3H3,(H,33,34)(H2,32,35,38);3-16,32H,17-19,28H2,1-2H3,(H,29,30);2-3H2,1H3. The molecule has 8 N–H and O–H groups in total. The lowest BCUT2D eigenvalue weighted by Crippen LogP contribution is -2.33. The molecule has 6 aromatic carbocycles. The summed E-state index contributed by atoms with van der Waals surface area (Å²) in [4.78, 5) is 18.3. The van der Waals surface area contributed by atoms with Crippen LogP contribution in [-0.4, -0.2) is 67.8 Å². The molecule has 0 radical (unpaired) electrons. The van der Waals surface area contributed by atoms with Gasteiger partial charge >= 0.3 is 0 Å². The lowest BCUT2D eigenvalue weighted by molar-refractivity contribution is 0.0939. The zero-order valence-electron chi connectivity index (χ0n) is 44.8. The molecular formula is C62H74N10O2S2. The van der Waals surface area contributed by atoms with Crippen LogP contribution in [0.2, 0.25) is 0 Å². The van der Waals surface area contributed by atoms with E-state index in [2.05, 4.69) is 140 Å². The van der Waals surface area contributed by atoms with Crippen LogP contribution in [0, 0.1) is 0 Å². The number of isothiocyanates is 1. The Morgan fingerprint density at radius 1 is 0.553 bits per heavy atom. The van der Waals surface area contributed by atoms with Crippen molar-refractivity contribution in [1.29, 1.82) is 0 Å². The van der Waals surface area contributed by atoms with Gasteiger partial charge in [-0.25, -0.2) is 15.0 Å². The monoisotopic (exact) mass is 1050 g/mol. The molecule has 0 saturated carbocycles. The average molecular weight is 1060 g/mol. The van der Waals surface area contributed by atoms with E-state index < -0.39 is 11.2 Å². The number of hydrogen-bond donors (Lipinski definition) is 7. The molecule has 0 amide bonds. The summed E-state index contributed by atoms with van der Waals surface area (Å²) in [5.74, 6) is 1.52. The van der Waals surface area contributed by atoms with E-state index >= 15 is 0 Å². The maximum Gasteiger partial charge on any atom is 0.170 e. The van der Waals surface area contributed by atoms with Crippen molar-refractivity contribution in [1.82, 2.24) is 15.3 Å². The minimum atomic E-state index is -0.906. The first-order valence-electron chi connectivity index (χ1n) is 25.9. The molecule has 2 aromatic heterocycles. The smallest absolute Gasteiger partial charge is 0.170 e. The maximum absolute atomic E-state index is 10.6. The first-order chi connectivity index (χ1) is 36.7. The number of para-hydroxylation sites is 2. The van der Waals surface area contributed by atoms with Crippen molar-refractivity contribution in [2.45, 2.75) is 91.8 Å². The van der Waals surface area contributed by atoms with Crippen molar-refractivity contribution in [3.63, 3.8) is 0 Å². The molecule has 8 rings (SSSR count). The Bertz CT molecular complexity index is 3010. The minimum absolute atomic E-state index is 0.363. The van der Waals surface area contributed by atoms with Gasteiger partial charge in [0.1, 0.15) is 5.69 Å². The van der Waals surface area contributed by atoms with E-state index in [1.165, 1.54) is 22.3 Å². The van der Waals surface area contributed by atoms with Crippen molar-refractivity contribution in [2.24, 2.45) is 4.99 Å². The van der Waals surface area contributed by atoms with Crippen LogP contribution in [-0.2, 0) is 26.2 Å². The van der Waals surface area contributed by atoms with Crippen molar-refractivity contribution in [3.8, 4) is 0 Å². The van der Waals surface area contributed by atoms with Crippen LogP contribution in [0.5, 0.6) is 0 Å². The summed E-state index contributed by atoms with van der Waals surface area (Å²) >= 11 is 10.0. The Labute approximate surface area is 460 Å². The van der Waals surface area contributed by atoms with Gasteiger partial charge in [0.25, 0.3) is 0 Å². The van der Waals surface area contributed by atoms with Gasteiger partial charge in [-0.15, -0.1) is 0 Å². The molecule has 0 aliphatic carbocycles. The van der Waals surface area contributed by atoms with Crippen molar-refractivity contribution >= 4 is 90.9 Å². The van der Waals surface area contributed by atoms with Gasteiger partial charge in [-0.2, -0.15) is 0 Å². The van der Waals surface area contributed by atoms with Gasteiger partial charge in [-0.1, -0.05) is 172 Å². The number of aliphatic imine (C=N–C) groups is 1. The fourth-order valence-corrected chi connectivity index (χ4v) is 8.46. The highest BCUT2D eigenvalue weighted by Gasteiger charge is 2.24. The van der Waals surface area contributed by atoms with Gasteiger partial charge < -0.3 is 47.0 Å². The van der Waals surface area contributed by atoms with Crippen LogP contribution in [0.15, 0.2) is 175 Å². The first kappa shape index (κ1) is 57.8. The Balaban J connectivity index is 0.000000225. The van der Waals surface area contributed by atoms with Gasteiger partial charge in [-0.05, 0) is 99.4 Å². The van der Waals surface area contributed by atoms with Crippen LogP contribution in [0.3, 0.4) is 0 Å². The number of thiocarbonyl (C=S) groups is 2. The number of rotatable bonds is 21. The SMILES string of the molecule is CC(C)(O)CNc1c(N)c(N(Cc2ccccc2)Cc2ccccc2)nc2ccccc12.CCCN=C=S.CCCNC(=S)Nc1c(N(Cc2ccccc2)Cc2ccccc2)nc2ccccc2c1NCC(C)(C)O. The van der Waals surface area contributed by atoms with E-state index in [1.807, 2.05) is 97.1 Å². The average Bonchev–Trinajstić information content (AvgIpc) is 3.44. The summed E-state index contributed by atoms with van der Waals surface area (Å²) < 4.78 is 0. The number of nitrogens with two attached hydrogens (primary N) is 1. The highest BCUT2D eigenvalue weighted by atomic mass is 32.1.